The summed E-state index contributed by atoms with van der Waals surface area (Å²) in [6, 6.07) is 5.64. The molecule has 0 radical (unpaired) electrons. The lowest BCUT2D eigenvalue weighted by Gasteiger charge is -2.27. The van der Waals surface area contributed by atoms with Crippen LogP contribution in [-0.4, -0.2) is 39.6 Å². The van der Waals surface area contributed by atoms with Crippen molar-refractivity contribution in [2.45, 2.75) is 122 Å². The summed E-state index contributed by atoms with van der Waals surface area (Å²) in [5.41, 5.74) is 0. The first-order chi connectivity index (χ1) is 18.1. The van der Waals surface area contributed by atoms with E-state index >= 15 is 0 Å². The van der Waals surface area contributed by atoms with Gasteiger partial charge < -0.3 is 23.4 Å². The minimum absolute atomic E-state index is 0.00914. The summed E-state index contributed by atoms with van der Waals surface area (Å²) in [7, 11) is -2.92. The van der Waals surface area contributed by atoms with Gasteiger partial charge in [-0.3, -0.25) is 4.57 Å². The molecule has 7 nitrogen and oxygen atoms in total. The Kier molecular flexibility index (Phi) is 22.4. The van der Waals surface area contributed by atoms with E-state index in [1.54, 1.807) is 0 Å². The van der Waals surface area contributed by atoms with Crippen LogP contribution in [0.25, 0.3) is 0 Å². The highest BCUT2D eigenvalue weighted by molar-refractivity contribution is 7.45. The van der Waals surface area contributed by atoms with E-state index in [0.717, 1.165) is 12.8 Å². The molecule has 0 bridgehead atoms. The van der Waals surface area contributed by atoms with Gasteiger partial charge in [-0.1, -0.05) is 109 Å². The van der Waals surface area contributed by atoms with Crippen LogP contribution < -0.4 is 9.46 Å². The number of ether oxygens (including phenoxy) is 2. The van der Waals surface area contributed by atoms with Gasteiger partial charge in [0.15, 0.2) is 18.9 Å². The molecule has 0 fully saturated rings. The molecule has 8 heteroatoms. The minimum atomic E-state index is -4.43. The topological polar surface area (TPSA) is 80.9 Å². The average molecular weight is 544 g/mol. The van der Waals surface area contributed by atoms with Crippen LogP contribution in [0.1, 0.15) is 110 Å². The third-order valence-corrected chi connectivity index (χ3v) is 7.51. The number of hydrogen-bond donors (Lipinski definition) is 0. The summed E-state index contributed by atoms with van der Waals surface area (Å²) in [5.74, 6) is 0. The van der Waals surface area contributed by atoms with Crippen LogP contribution in [0.5, 0.6) is 0 Å². The predicted octanol–water partition coefficient (Wildman–Crippen LogP) is 6.77. The van der Waals surface area contributed by atoms with Crippen molar-refractivity contribution >= 4 is 7.82 Å². The Morgan fingerprint density at radius 3 is 1.76 bits per heavy atom. The molecule has 0 aliphatic heterocycles. The molecule has 216 valence electrons. The van der Waals surface area contributed by atoms with Crippen molar-refractivity contribution in [2.75, 3.05) is 33.5 Å². The number of rotatable bonds is 27. The standard InChI is InChI=1S/C29H54NO6P/c1-3-4-5-6-7-8-9-10-11-12-13-14-15-16-17-21-25-34-28-29(27-33-2)36-37(31,32)35-26-24-30-22-19-18-20-23-30/h18-20,22-23,29H,3-17,21,24-28H2,1-2H3. The smallest absolute Gasteiger partial charge is 0.268 e. The maximum atomic E-state index is 12.2. The van der Waals surface area contributed by atoms with Crippen LogP contribution in [-0.2, 0) is 29.6 Å². The van der Waals surface area contributed by atoms with E-state index < -0.39 is 13.9 Å². The minimum Gasteiger partial charge on any atom is -0.756 e. The van der Waals surface area contributed by atoms with Gasteiger partial charge in [-0.05, 0) is 6.42 Å². The number of unbranched alkanes of at least 4 members (excludes halogenated alkanes) is 15. The Hall–Kier alpha value is -0.820. The number of hydrogen-bond acceptors (Lipinski definition) is 6. The Bertz CT molecular complexity index is 663. The molecule has 1 aromatic heterocycles. The van der Waals surface area contributed by atoms with E-state index in [0.29, 0.717) is 13.2 Å². The van der Waals surface area contributed by atoms with Gasteiger partial charge >= 0.3 is 0 Å². The summed E-state index contributed by atoms with van der Waals surface area (Å²) in [5, 5.41) is 0. The zero-order valence-electron chi connectivity index (χ0n) is 23.7. The van der Waals surface area contributed by atoms with Crippen molar-refractivity contribution in [3.05, 3.63) is 30.6 Å². The van der Waals surface area contributed by atoms with Crippen LogP contribution in [0.2, 0.25) is 0 Å². The van der Waals surface area contributed by atoms with Crippen molar-refractivity contribution in [1.82, 2.24) is 0 Å². The van der Waals surface area contributed by atoms with Gasteiger partial charge in [-0.15, -0.1) is 0 Å². The third kappa shape index (κ3) is 21.8. The van der Waals surface area contributed by atoms with E-state index in [1.165, 1.54) is 97.0 Å². The molecule has 2 atom stereocenters. The lowest BCUT2D eigenvalue weighted by molar-refractivity contribution is -0.697. The molecule has 0 amide bonds. The average Bonchev–Trinajstić information content (AvgIpc) is 2.88. The highest BCUT2D eigenvalue weighted by Crippen LogP contribution is 2.39. The fourth-order valence-corrected chi connectivity index (χ4v) is 5.17. The van der Waals surface area contributed by atoms with E-state index in [4.69, 9.17) is 18.5 Å². The van der Waals surface area contributed by atoms with E-state index in [-0.39, 0.29) is 19.8 Å². The predicted molar refractivity (Wildman–Crippen MR) is 147 cm³/mol. The first-order valence-electron chi connectivity index (χ1n) is 14.7. The SMILES string of the molecule is CCCCCCCCCCCCCCCCCCOCC(COC)OP(=O)([O-])OCC[n+]1ccccc1. The van der Waals surface area contributed by atoms with E-state index in [1.807, 2.05) is 35.2 Å². The molecule has 0 aliphatic carbocycles. The summed E-state index contributed by atoms with van der Waals surface area (Å²) in [6.45, 7) is 3.58. The summed E-state index contributed by atoms with van der Waals surface area (Å²) >= 11 is 0. The summed E-state index contributed by atoms with van der Waals surface area (Å²) < 4.78 is 34.9. The molecule has 0 saturated carbocycles. The highest BCUT2D eigenvalue weighted by Gasteiger charge is 2.19. The lowest BCUT2D eigenvalue weighted by atomic mass is 10.0. The molecule has 0 aromatic carbocycles. The maximum absolute atomic E-state index is 12.2. The summed E-state index contributed by atoms with van der Waals surface area (Å²) in [6.07, 6.45) is 24.3. The van der Waals surface area contributed by atoms with Crippen LogP contribution >= 0.6 is 7.82 Å². The molecule has 1 aromatic rings. The van der Waals surface area contributed by atoms with Crippen LogP contribution in [0.4, 0.5) is 0 Å². The maximum Gasteiger partial charge on any atom is 0.268 e. The van der Waals surface area contributed by atoms with Gasteiger partial charge in [0.1, 0.15) is 12.7 Å². The van der Waals surface area contributed by atoms with Crippen LogP contribution in [0.3, 0.4) is 0 Å². The Morgan fingerprint density at radius 1 is 0.730 bits per heavy atom. The van der Waals surface area contributed by atoms with Gasteiger partial charge in [0, 0.05) is 25.8 Å². The molecule has 1 rings (SSSR count). The summed E-state index contributed by atoms with van der Waals surface area (Å²) in [4.78, 5) is 12.2. The van der Waals surface area contributed by atoms with Gasteiger partial charge in [0.05, 0.1) is 13.2 Å². The van der Waals surface area contributed by atoms with Gasteiger partial charge in [0.25, 0.3) is 7.82 Å². The molecule has 0 N–H and O–H groups in total. The fourth-order valence-electron chi connectivity index (χ4n) is 4.32. The Balaban J connectivity index is 1.95. The largest absolute Gasteiger partial charge is 0.756 e. The fraction of sp³-hybridized carbons (Fsp3) is 0.828. The van der Waals surface area contributed by atoms with E-state index in [9.17, 15) is 9.46 Å². The molecule has 0 aliphatic rings. The van der Waals surface area contributed by atoms with Gasteiger partial charge in [0.2, 0.25) is 0 Å². The first-order valence-corrected chi connectivity index (χ1v) is 16.2. The molecule has 1 heterocycles. The second-order valence-corrected chi connectivity index (χ2v) is 11.3. The number of phosphoric ester groups is 1. The van der Waals surface area contributed by atoms with E-state index in [2.05, 4.69) is 6.92 Å². The van der Waals surface area contributed by atoms with Crippen molar-refractivity contribution in [2.24, 2.45) is 0 Å². The monoisotopic (exact) mass is 543 g/mol. The third-order valence-electron chi connectivity index (χ3n) is 6.45. The molecule has 0 spiro atoms. The number of methoxy groups -OCH3 is 1. The zero-order chi connectivity index (χ0) is 26.9. The molecular formula is C29H54NO6P. The van der Waals surface area contributed by atoms with Crippen molar-refractivity contribution in [1.29, 1.82) is 0 Å². The second-order valence-electron chi connectivity index (χ2n) is 9.95. The van der Waals surface area contributed by atoms with Gasteiger partial charge in [-0.2, -0.15) is 0 Å². The molecular weight excluding hydrogens is 489 g/mol. The number of nitrogens with zero attached hydrogens (tertiary/aromatic N) is 1. The number of phosphoric acid groups is 1. The van der Waals surface area contributed by atoms with Crippen molar-refractivity contribution in [3.8, 4) is 0 Å². The first kappa shape index (κ1) is 34.2. The normalized spacial score (nSPS) is 14.0. The lowest BCUT2D eigenvalue weighted by Crippen LogP contribution is -2.35. The number of pyridine rings is 1. The molecule has 37 heavy (non-hydrogen) atoms. The second kappa shape index (κ2) is 24.2. The number of aromatic nitrogens is 1. The van der Waals surface area contributed by atoms with Crippen molar-refractivity contribution in [3.63, 3.8) is 0 Å². The zero-order valence-corrected chi connectivity index (χ0v) is 24.6. The van der Waals surface area contributed by atoms with Gasteiger partial charge in [-0.25, -0.2) is 4.57 Å². The Morgan fingerprint density at radius 2 is 1.24 bits per heavy atom. The molecule has 2 unspecified atom stereocenters. The highest BCUT2D eigenvalue weighted by atomic mass is 31.2. The van der Waals surface area contributed by atoms with Crippen LogP contribution in [0, 0.1) is 0 Å². The van der Waals surface area contributed by atoms with Crippen molar-refractivity contribution < 1.29 is 32.5 Å². The van der Waals surface area contributed by atoms with Crippen LogP contribution in [0.15, 0.2) is 30.6 Å². The molecule has 0 saturated heterocycles. The quantitative estimate of drug-likeness (QED) is 0.0692. The Labute approximate surface area is 226 Å².